The van der Waals surface area contributed by atoms with Crippen molar-refractivity contribution in [2.75, 3.05) is 23.8 Å². The van der Waals surface area contributed by atoms with Crippen molar-refractivity contribution in [3.8, 4) is 0 Å². The van der Waals surface area contributed by atoms with Crippen LogP contribution in [0.25, 0.3) is 0 Å². The Kier molecular flexibility index (Phi) is 6.00. The molecule has 2 N–H and O–H groups in total. The van der Waals surface area contributed by atoms with E-state index in [1.165, 1.54) is 12.1 Å². The van der Waals surface area contributed by atoms with Crippen LogP contribution in [0.4, 0.5) is 15.8 Å². The van der Waals surface area contributed by atoms with Crippen LogP contribution in [0.3, 0.4) is 0 Å². The molecule has 5 heteroatoms. The molecule has 0 bridgehead atoms. The minimum absolute atomic E-state index is 0.1000. The topological polar surface area (TPSA) is 55.6 Å². The molecule has 4 nitrogen and oxygen atoms in total. The number of nitrogens with zero attached hydrogens (tertiary/aromatic N) is 1. The van der Waals surface area contributed by atoms with E-state index in [0.29, 0.717) is 18.2 Å². The van der Waals surface area contributed by atoms with Gasteiger partial charge < -0.3 is 15.4 Å². The number of carbonyl (C=O) groups excluding carboxylic acids is 1. The summed E-state index contributed by atoms with van der Waals surface area (Å²) in [5.41, 5.74) is 6.44. The summed E-state index contributed by atoms with van der Waals surface area (Å²) >= 11 is 0. The van der Waals surface area contributed by atoms with Gasteiger partial charge in [0.15, 0.2) is 0 Å². The molecule has 1 aromatic rings. The van der Waals surface area contributed by atoms with Crippen molar-refractivity contribution in [2.24, 2.45) is 5.92 Å². The van der Waals surface area contributed by atoms with E-state index in [-0.39, 0.29) is 23.9 Å². The molecule has 0 fully saturated rings. The molecule has 0 atom stereocenters. The first-order valence-electron chi connectivity index (χ1n) is 7.30. The van der Waals surface area contributed by atoms with Crippen molar-refractivity contribution < 1.29 is 13.9 Å². The van der Waals surface area contributed by atoms with Crippen LogP contribution in [0.1, 0.15) is 45.0 Å². The molecule has 0 aliphatic carbocycles. The Bertz CT molecular complexity index is 501. The smallest absolute Gasteiger partial charge is 0.340 e. The lowest BCUT2D eigenvalue weighted by Gasteiger charge is -2.31. The van der Waals surface area contributed by atoms with Crippen LogP contribution in [-0.4, -0.2) is 25.2 Å². The van der Waals surface area contributed by atoms with Gasteiger partial charge in [-0.1, -0.05) is 13.8 Å². The highest BCUT2D eigenvalue weighted by Gasteiger charge is 2.21. The second-order valence-electron chi connectivity index (χ2n) is 5.75. The summed E-state index contributed by atoms with van der Waals surface area (Å²) in [5.74, 6) is -0.574. The largest absolute Gasteiger partial charge is 0.462 e. The van der Waals surface area contributed by atoms with E-state index in [0.717, 1.165) is 0 Å². The lowest BCUT2D eigenvalue weighted by atomic mass is 10.1. The predicted octanol–water partition coefficient (Wildman–Crippen LogP) is 3.46. The number of benzene rings is 1. The van der Waals surface area contributed by atoms with E-state index < -0.39 is 11.8 Å². The number of ether oxygens (including phenoxy) is 1. The first-order valence-corrected chi connectivity index (χ1v) is 7.30. The van der Waals surface area contributed by atoms with E-state index in [1.54, 1.807) is 6.92 Å². The third-order valence-electron chi connectivity index (χ3n) is 3.11. The van der Waals surface area contributed by atoms with Gasteiger partial charge in [-0.15, -0.1) is 0 Å². The van der Waals surface area contributed by atoms with Crippen LogP contribution in [0, 0.1) is 11.7 Å². The first kappa shape index (κ1) is 17.3. The number of carbonyl (C=O) groups is 1. The maximum atomic E-state index is 14.3. The fourth-order valence-corrected chi connectivity index (χ4v) is 2.16. The van der Waals surface area contributed by atoms with Gasteiger partial charge in [0.25, 0.3) is 0 Å². The first-order chi connectivity index (χ1) is 9.77. The molecule has 0 aromatic heterocycles. The maximum Gasteiger partial charge on any atom is 0.340 e. The Morgan fingerprint density at radius 3 is 2.43 bits per heavy atom. The number of halogens is 1. The zero-order chi connectivity index (χ0) is 16.2. The van der Waals surface area contributed by atoms with Gasteiger partial charge in [-0.05, 0) is 38.8 Å². The van der Waals surface area contributed by atoms with Gasteiger partial charge in [-0.25, -0.2) is 9.18 Å². The molecule has 118 valence electrons. The Hall–Kier alpha value is -1.78. The van der Waals surface area contributed by atoms with Crippen molar-refractivity contribution in [3.05, 3.63) is 23.5 Å². The Balaban J connectivity index is 3.27. The maximum absolute atomic E-state index is 14.3. The molecule has 0 aliphatic rings. The van der Waals surface area contributed by atoms with E-state index in [4.69, 9.17) is 10.5 Å². The number of rotatable bonds is 6. The molecular formula is C16H25FN2O2. The van der Waals surface area contributed by atoms with Gasteiger partial charge >= 0.3 is 5.97 Å². The van der Waals surface area contributed by atoms with Crippen molar-refractivity contribution in [2.45, 2.75) is 40.7 Å². The summed E-state index contributed by atoms with van der Waals surface area (Å²) in [7, 11) is 0. The molecule has 0 radical (unpaired) electrons. The van der Waals surface area contributed by atoms with Crippen LogP contribution in [0.15, 0.2) is 12.1 Å². The molecule has 0 spiro atoms. The Labute approximate surface area is 126 Å². The van der Waals surface area contributed by atoms with E-state index in [2.05, 4.69) is 13.8 Å². The molecule has 0 saturated heterocycles. The fourth-order valence-electron chi connectivity index (χ4n) is 2.16. The van der Waals surface area contributed by atoms with Crippen molar-refractivity contribution >= 4 is 17.3 Å². The van der Waals surface area contributed by atoms with Crippen LogP contribution in [-0.2, 0) is 4.74 Å². The van der Waals surface area contributed by atoms with Crippen LogP contribution in [0.5, 0.6) is 0 Å². The zero-order valence-electron chi connectivity index (χ0n) is 13.4. The molecule has 1 aromatic carbocycles. The normalized spacial score (nSPS) is 11.0. The summed E-state index contributed by atoms with van der Waals surface area (Å²) in [6, 6.07) is 2.79. The summed E-state index contributed by atoms with van der Waals surface area (Å²) in [6.45, 7) is 10.8. The summed E-state index contributed by atoms with van der Waals surface area (Å²) in [4.78, 5) is 13.8. The van der Waals surface area contributed by atoms with E-state index in [9.17, 15) is 9.18 Å². The quantitative estimate of drug-likeness (QED) is 0.645. The van der Waals surface area contributed by atoms with Gasteiger partial charge in [0.05, 0.1) is 17.9 Å². The molecule has 0 heterocycles. The standard InChI is InChI=1S/C16H25FN2O2/c1-6-21-16(20)12-7-15(13(17)8-14(12)18)19(11(4)5)9-10(2)3/h7-8,10-11H,6,9,18H2,1-5H3. The van der Waals surface area contributed by atoms with Gasteiger partial charge in [-0.2, -0.15) is 0 Å². The Morgan fingerprint density at radius 2 is 1.95 bits per heavy atom. The number of hydrogen-bond donors (Lipinski definition) is 1. The predicted molar refractivity (Wildman–Crippen MR) is 84.1 cm³/mol. The second-order valence-corrected chi connectivity index (χ2v) is 5.75. The summed E-state index contributed by atoms with van der Waals surface area (Å²) < 4.78 is 19.2. The Morgan fingerprint density at radius 1 is 1.33 bits per heavy atom. The van der Waals surface area contributed by atoms with E-state index >= 15 is 0 Å². The minimum atomic E-state index is -0.524. The highest BCUT2D eigenvalue weighted by atomic mass is 19.1. The molecule has 0 amide bonds. The highest BCUT2D eigenvalue weighted by molar-refractivity contribution is 5.96. The highest BCUT2D eigenvalue weighted by Crippen LogP contribution is 2.28. The summed E-state index contributed by atoms with van der Waals surface area (Å²) in [5, 5.41) is 0. The minimum Gasteiger partial charge on any atom is -0.462 e. The monoisotopic (exact) mass is 296 g/mol. The lowest BCUT2D eigenvalue weighted by molar-refractivity contribution is 0.0527. The van der Waals surface area contributed by atoms with Crippen LogP contribution in [0.2, 0.25) is 0 Å². The zero-order valence-corrected chi connectivity index (χ0v) is 13.4. The van der Waals surface area contributed by atoms with Crippen LogP contribution < -0.4 is 10.6 Å². The number of hydrogen-bond acceptors (Lipinski definition) is 4. The lowest BCUT2D eigenvalue weighted by Crippen LogP contribution is -2.35. The van der Waals surface area contributed by atoms with Crippen LogP contribution >= 0.6 is 0 Å². The summed E-state index contributed by atoms with van der Waals surface area (Å²) in [6.07, 6.45) is 0. The van der Waals surface area contributed by atoms with Crippen molar-refractivity contribution in [1.29, 1.82) is 0 Å². The van der Waals surface area contributed by atoms with Crippen molar-refractivity contribution in [1.82, 2.24) is 0 Å². The molecule has 0 unspecified atom stereocenters. The van der Waals surface area contributed by atoms with E-state index in [1.807, 2.05) is 18.7 Å². The molecule has 1 rings (SSSR count). The molecule has 0 saturated carbocycles. The number of esters is 1. The number of nitrogens with two attached hydrogens (primary N) is 1. The third-order valence-corrected chi connectivity index (χ3v) is 3.11. The van der Waals surface area contributed by atoms with Gasteiger partial charge in [0.1, 0.15) is 5.82 Å². The number of anilines is 2. The fraction of sp³-hybridized carbons (Fsp3) is 0.562. The molecule has 21 heavy (non-hydrogen) atoms. The average molecular weight is 296 g/mol. The van der Waals surface area contributed by atoms with Gasteiger partial charge in [0, 0.05) is 18.3 Å². The second kappa shape index (κ2) is 7.29. The SMILES string of the molecule is CCOC(=O)c1cc(N(CC(C)C)C(C)C)c(F)cc1N. The average Bonchev–Trinajstić information content (AvgIpc) is 2.36. The van der Waals surface area contributed by atoms with Gasteiger partial charge in [0.2, 0.25) is 0 Å². The third kappa shape index (κ3) is 4.34. The number of nitrogen functional groups attached to an aromatic ring is 1. The van der Waals surface area contributed by atoms with Gasteiger partial charge in [-0.3, -0.25) is 0 Å². The van der Waals surface area contributed by atoms with Crippen molar-refractivity contribution in [3.63, 3.8) is 0 Å². The molecule has 0 aliphatic heterocycles. The molecular weight excluding hydrogens is 271 g/mol.